The molecule has 1 saturated carbocycles. The number of Topliss-reactive ketones (excluding diaryl/α,β-unsaturated/α-hetero) is 1. The quantitative estimate of drug-likeness (QED) is 0.659. The molecule has 0 bridgehead atoms. The fraction of sp³-hybridized carbons (Fsp3) is 0.833. The molecule has 0 amide bonds. The highest BCUT2D eigenvalue weighted by Crippen LogP contribution is 2.56. The first-order chi connectivity index (χ1) is 6.77. The molecule has 86 valence electrons. The number of rotatable bonds is 2. The van der Waals surface area contributed by atoms with Gasteiger partial charge in [0.15, 0.2) is 0 Å². The van der Waals surface area contributed by atoms with Gasteiger partial charge in [-0.1, -0.05) is 20.8 Å². The topological polar surface area (TPSA) is 43.4 Å². The van der Waals surface area contributed by atoms with Crippen molar-refractivity contribution in [2.45, 2.75) is 40.5 Å². The van der Waals surface area contributed by atoms with Crippen molar-refractivity contribution in [2.75, 3.05) is 7.11 Å². The monoisotopic (exact) mass is 212 g/mol. The molecule has 0 N–H and O–H groups in total. The van der Waals surface area contributed by atoms with Crippen LogP contribution in [0.25, 0.3) is 0 Å². The molecular weight excluding hydrogens is 192 g/mol. The molecule has 15 heavy (non-hydrogen) atoms. The van der Waals surface area contributed by atoms with Crippen molar-refractivity contribution < 1.29 is 14.3 Å². The van der Waals surface area contributed by atoms with Crippen LogP contribution in [0.5, 0.6) is 0 Å². The first-order valence-electron chi connectivity index (χ1n) is 5.36. The first kappa shape index (κ1) is 12.2. The lowest BCUT2D eigenvalue weighted by molar-refractivity contribution is -0.151. The van der Waals surface area contributed by atoms with Crippen LogP contribution >= 0.6 is 0 Å². The molecule has 0 spiro atoms. The maximum atomic E-state index is 11.7. The number of hydrogen-bond donors (Lipinski definition) is 0. The molecule has 2 atom stereocenters. The molecule has 3 heteroatoms. The average Bonchev–Trinajstić information content (AvgIpc) is 2.39. The molecule has 1 fully saturated rings. The third-order valence-electron chi connectivity index (χ3n) is 4.49. The van der Waals surface area contributed by atoms with E-state index in [0.717, 1.165) is 12.8 Å². The normalized spacial score (nSPS) is 33.8. The maximum Gasteiger partial charge on any atom is 0.309 e. The van der Waals surface area contributed by atoms with E-state index in [1.165, 1.54) is 7.11 Å². The van der Waals surface area contributed by atoms with Gasteiger partial charge in [-0.2, -0.15) is 0 Å². The summed E-state index contributed by atoms with van der Waals surface area (Å²) in [4.78, 5) is 23.3. The minimum atomic E-state index is -0.397. The third-order valence-corrected chi connectivity index (χ3v) is 4.49. The average molecular weight is 212 g/mol. The van der Waals surface area contributed by atoms with Gasteiger partial charge in [0.2, 0.25) is 0 Å². The van der Waals surface area contributed by atoms with Crippen LogP contribution in [0.1, 0.15) is 40.5 Å². The Bertz CT molecular complexity index is 293. The van der Waals surface area contributed by atoms with Gasteiger partial charge in [0.1, 0.15) is 5.78 Å². The van der Waals surface area contributed by atoms with Crippen LogP contribution in [-0.4, -0.2) is 18.9 Å². The van der Waals surface area contributed by atoms with Gasteiger partial charge in [0.25, 0.3) is 0 Å². The molecule has 1 aliphatic carbocycles. The van der Waals surface area contributed by atoms with Crippen LogP contribution in [0.2, 0.25) is 0 Å². The summed E-state index contributed by atoms with van der Waals surface area (Å²) in [5.74, 6) is -0.180. The summed E-state index contributed by atoms with van der Waals surface area (Å²) in [6.07, 6.45) is 1.52. The fourth-order valence-electron chi connectivity index (χ4n) is 2.69. The molecule has 0 aromatic rings. The SMILES string of the molecule is COC(=O)C1CCC(C)(C(C)=O)C1(C)C. The van der Waals surface area contributed by atoms with Crippen molar-refractivity contribution in [3.8, 4) is 0 Å². The first-order valence-corrected chi connectivity index (χ1v) is 5.36. The zero-order valence-corrected chi connectivity index (χ0v) is 10.2. The Kier molecular flexibility index (Phi) is 2.94. The summed E-state index contributed by atoms with van der Waals surface area (Å²) in [7, 11) is 1.40. The number of carbonyl (C=O) groups is 2. The lowest BCUT2D eigenvalue weighted by atomic mass is 9.64. The van der Waals surface area contributed by atoms with Crippen molar-refractivity contribution in [2.24, 2.45) is 16.7 Å². The van der Waals surface area contributed by atoms with E-state index in [-0.39, 0.29) is 23.1 Å². The molecule has 1 rings (SSSR count). The van der Waals surface area contributed by atoms with Gasteiger partial charge in [-0.05, 0) is 25.2 Å². The van der Waals surface area contributed by atoms with Crippen LogP contribution in [0, 0.1) is 16.7 Å². The fourth-order valence-corrected chi connectivity index (χ4v) is 2.69. The van der Waals surface area contributed by atoms with Gasteiger partial charge < -0.3 is 4.74 Å². The van der Waals surface area contributed by atoms with E-state index in [1.54, 1.807) is 6.92 Å². The van der Waals surface area contributed by atoms with E-state index in [9.17, 15) is 9.59 Å². The van der Waals surface area contributed by atoms with Gasteiger partial charge in [-0.15, -0.1) is 0 Å². The van der Waals surface area contributed by atoms with E-state index in [4.69, 9.17) is 4.74 Å². The predicted molar refractivity (Wildman–Crippen MR) is 57.3 cm³/mol. The van der Waals surface area contributed by atoms with Crippen LogP contribution in [0.4, 0.5) is 0 Å². The van der Waals surface area contributed by atoms with Crippen molar-refractivity contribution in [1.29, 1.82) is 0 Å². The minimum Gasteiger partial charge on any atom is -0.469 e. The van der Waals surface area contributed by atoms with Gasteiger partial charge in [0, 0.05) is 5.41 Å². The molecule has 3 nitrogen and oxygen atoms in total. The number of ketones is 1. The predicted octanol–water partition coefficient (Wildman–Crippen LogP) is 2.19. The van der Waals surface area contributed by atoms with Crippen molar-refractivity contribution >= 4 is 11.8 Å². The van der Waals surface area contributed by atoms with Crippen LogP contribution in [0.15, 0.2) is 0 Å². The summed E-state index contributed by atoms with van der Waals surface area (Å²) in [6, 6.07) is 0. The highest BCUT2D eigenvalue weighted by atomic mass is 16.5. The van der Waals surface area contributed by atoms with E-state index < -0.39 is 5.41 Å². The van der Waals surface area contributed by atoms with Gasteiger partial charge in [-0.3, -0.25) is 9.59 Å². The Morgan fingerprint density at radius 2 is 1.80 bits per heavy atom. The second-order valence-corrected chi connectivity index (χ2v) is 5.22. The summed E-state index contributed by atoms with van der Waals surface area (Å²) in [5.41, 5.74) is -0.711. The van der Waals surface area contributed by atoms with Crippen molar-refractivity contribution in [3.63, 3.8) is 0 Å². The van der Waals surface area contributed by atoms with Crippen LogP contribution < -0.4 is 0 Å². The Balaban J connectivity index is 3.04. The zero-order valence-electron chi connectivity index (χ0n) is 10.2. The van der Waals surface area contributed by atoms with Gasteiger partial charge in [-0.25, -0.2) is 0 Å². The zero-order chi connectivity index (χ0) is 11.9. The highest BCUT2D eigenvalue weighted by Gasteiger charge is 2.56. The van der Waals surface area contributed by atoms with E-state index in [0.29, 0.717) is 0 Å². The lowest BCUT2D eigenvalue weighted by Gasteiger charge is -2.38. The summed E-state index contributed by atoms with van der Waals surface area (Å²) >= 11 is 0. The molecule has 0 aliphatic heterocycles. The molecule has 1 aliphatic rings. The van der Waals surface area contributed by atoms with Crippen LogP contribution in [-0.2, 0) is 14.3 Å². The number of methoxy groups -OCH3 is 1. The number of ether oxygens (including phenoxy) is 1. The molecule has 0 heterocycles. The molecule has 0 saturated heterocycles. The van der Waals surface area contributed by atoms with Crippen LogP contribution in [0.3, 0.4) is 0 Å². The summed E-state index contributed by atoms with van der Waals surface area (Å²) in [5, 5.41) is 0. The molecule has 0 radical (unpaired) electrons. The summed E-state index contributed by atoms with van der Waals surface area (Å²) in [6.45, 7) is 7.55. The summed E-state index contributed by atoms with van der Waals surface area (Å²) < 4.78 is 4.79. The molecule has 0 aromatic carbocycles. The standard InChI is InChI=1S/C12H20O3/c1-8(13)12(4)7-6-9(10(14)15-5)11(12,2)3/h9H,6-7H2,1-5H3. The van der Waals surface area contributed by atoms with E-state index in [1.807, 2.05) is 20.8 Å². The number of hydrogen-bond acceptors (Lipinski definition) is 3. The largest absolute Gasteiger partial charge is 0.469 e. The number of esters is 1. The smallest absolute Gasteiger partial charge is 0.309 e. The lowest BCUT2D eigenvalue weighted by Crippen LogP contribution is -2.41. The second-order valence-electron chi connectivity index (χ2n) is 5.22. The van der Waals surface area contributed by atoms with Crippen molar-refractivity contribution in [1.82, 2.24) is 0 Å². The third kappa shape index (κ3) is 1.58. The van der Waals surface area contributed by atoms with E-state index in [2.05, 4.69) is 0 Å². The Labute approximate surface area is 91.2 Å². The highest BCUT2D eigenvalue weighted by molar-refractivity contribution is 5.85. The Morgan fingerprint density at radius 1 is 1.27 bits per heavy atom. The Morgan fingerprint density at radius 3 is 2.13 bits per heavy atom. The molecular formula is C12H20O3. The molecule has 2 unspecified atom stereocenters. The Hall–Kier alpha value is -0.860. The maximum absolute atomic E-state index is 11.7. The van der Waals surface area contributed by atoms with Gasteiger partial charge in [0.05, 0.1) is 13.0 Å². The minimum absolute atomic E-state index is 0.156. The van der Waals surface area contributed by atoms with Crippen molar-refractivity contribution in [3.05, 3.63) is 0 Å². The van der Waals surface area contributed by atoms with Gasteiger partial charge >= 0.3 is 5.97 Å². The second kappa shape index (κ2) is 3.62. The molecule has 0 aromatic heterocycles. The number of carbonyl (C=O) groups excluding carboxylic acids is 2. The van der Waals surface area contributed by atoms with E-state index >= 15 is 0 Å².